The molecule has 0 atom stereocenters. The molecular weight excluding hydrogens is 356 g/mol. The van der Waals surface area contributed by atoms with Gasteiger partial charge in [-0.15, -0.1) is 0 Å². The van der Waals surface area contributed by atoms with E-state index >= 15 is 0 Å². The van der Waals surface area contributed by atoms with Crippen LogP contribution in [0.25, 0.3) is 0 Å². The number of non-ortho nitro benzene ring substituents is 1. The zero-order valence-electron chi connectivity index (χ0n) is 14.3. The van der Waals surface area contributed by atoms with E-state index in [9.17, 15) is 18.5 Å². The van der Waals surface area contributed by atoms with Gasteiger partial charge < -0.3 is 9.80 Å². The highest BCUT2D eigenvalue weighted by Crippen LogP contribution is 2.23. The molecule has 0 aliphatic carbocycles. The number of nitrogens with zero attached hydrogens (tertiary/aromatic N) is 3. The maximum absolute atomic E-state index is 12.4. The number of hydrogen-bond donors (Lipinski definition) is 1. The molecule has 0 saturated carbocycles. The summed E-state index contributed by atoms with van der Waals surface area (Å²) in [6, 6.07) is 12.1. The summed E-state index contributed by atoms with van der Waals surface area (Å²) >= 11 is 0. The number of anilines is 2. The van der Waals surface area contributed by atoms with Gasteiger partial charge in [0.15, 0.2) is 0 Å². The Labute approximate surface area is 152 Å². The van der Waals surface area contributed by atoms with Gasteiger partial charge >= 0.3 is 0 Å². The first kappa shape index (κ1) is 18.2. The summed E-state index contributed by atoms with van der Waals surface area (Å²) in [5.74, 6) is 0. The predicted octanol–water partition coefficient (Wildman–Crippen LogP) is 2.15. The minimum Gasteiger partial charge on any atom is -0.369 e. The summed E-state index contributed by atoms with van der Waals surface area (Å²) in [6.45, 7) is 3.83. The first-order chi connectivity index (χ1) is 12.3. The fourth-order valence-corrected chi connectivity index (χ4v) is 3.88. The second-order valence-electron chi connectivity index (χ2n) is 6.20. The van der Waals surface area contributed by atoms with Gasteiger partial charge in [-0.2, -0.15) is 0 Å². The first-order valence-electron chi connectivity index (χ1n) is 8.16. The fraction of sp³-hybridized carbons (Fsp3) is 0.294. The molecule has 0 bridgehead atoms. The van der Waals surface area contributed by atoms with E-state index in [-0.39, 0.29) is 10.6 Å². The molecule has 1 aliphatic rings. The number of nitro benzene ring substituents is 1. The standard InChI is InChI=1S/C17H20N4O4S/c1-19-9-11-20(12-10-19)15-7-5-14(6-8-15)18-26(24,25)17-4-2-3-16(13-17)21(22)23/h2-8,13,18H,9-12H2,1H3. The average molecular weight is 376 g/mol. The molecule has 26 heavy (non-hydrogen) atoms. The Hall–Kier alpha value is -2.65. The van der Waals surface area contributed by atoms with Gasteiger partial charge in [-0.1, -0.05) is 6.07 Å². The van der Waals surface area contributed by atoms with Gasteiger partial charge in [0.25, 0.3) is 15.7 Å². The molecule has 0 spiro atoms. The van der Waals surface area contributed by atoms with Crippen molar-refractivity contribution in [2.24, 2.45) is 0 Å². The SMILES string of the molecule is CN1CCN(c2ccc(NS(=O)(=O)c3cccc([N+](=O)[O-])c3)cc2)CC1. The van der Waals surface area contributed by atoms with Gasteiger partial charge in [0, 0.05) is 49.7 Å². The number of benzene rings is 2. The molecule has 2 aromatic carbocycles. The maximum Gasteiger partial charge on any atom is 0.270 e. The van der Waals surface area contributed by atoms with Crippen molar-refractivity contribution in [2.45, 2.75) is 4.90 Å². The molecule has 3 rings (SSSR count). The lowest BCUT2D eigenvalue weighted by molar-refractivity contribution is -0.385. The molecule has 1 fully saturated rings. The van der Waals surface area contributed by atoms with E-state index in [0.717, 1.165) is 37.9 Å². The number of rotatable bonds is 5. The highest BCUT2D eigenvalue weighted by molar-refractivity contribution is 7.92. The molecule has 0 unspecified atom stereocenters. The Morgan fingerprint density at radius 3 is 2.31 bits per heavy atom. The summed E-state index contributed by atoms with van der Waals surface area (Å²) in [7, 11) is -1.80. The molecule has 138 valence electrons. The number of sulfonamides is 1. The molecule has 1 saturated heterocycles. The van der Waals surface area contributed by atoms with Crippen LogP contribution in [0.2, 0.25) is 0 Å². The summed E-state index contributed by atoms with van der Waals surface area (Å²) in [6.07, 6.45) is 0. The Morgan fingerprint density at radius 2 is 1.69 bits per heavy atom. The molecule has 0 amide bonds. The first-order valence-corrected chi connectivity index (χ1v) is 9.64. The topological polar surface area (TPSA) is 95.8 Å². The Morgan fingerprint density at radius 1 is 1.04 bits per heavy atom. The van der Waals surface area contributed by atoms with Crippen molar-refractivity contribution in [1.82, 2.24) is 4.90 Å². The van der Waals surface area contributed by atoms with Crippen molar-refractivity contribution in [1.29, 1.82) is 0 Å². The average Bonchev–Trinajstić information content (AvgIpc) is 2.63. The maximum atomic E-state index is 12.4. The molecular formula is C17H20N4O4S. The van der Waals surface area contributed by atoms with Crippen LogP contribution in [0.1, 0.15) is 0 Å². The van der Waals surface area contributed by atoms with Crippen LogP contribution in [0.3, 0.4) is 0 Å². The predicted molar refractivity (Wildman–Crippen MR) is 100 cm³/mol. The number of piperazine rings is 1. The lowest BCUT2D eigenvalue weighted by Crippen LogP contribution is -2.44. The molecule has 8 nitrogen and oxygen atoms in total. The number of hydrogen-bond acceptors (Lipinski definition) is 6. The van der Waals surface area contributed by atoms with Crippen LogP contribution >= 0.6 is 0 Å². The van der Waals surface area contributed by atoms with E-state index in [2.05, 4.69) is 21.6 Å². The smallest absolute Gasteiger partial charge is 0.270 e. The second-order valence-corrected chi connectivity index (χ2v) is 7.88. The molecule has 9 heteroatoms. The van der Waals surface area contributed by atoms with Crippen molar-refractivity contribution in [3.8, 4) is 0 Å². The lowest BCUT2D eigenvalue weighted by atomic mass is 10.2. The minimum atomic E-state index is -3.89. The van der Waals surface area contributed by atoms with Gasteiger partial charge in [0.1, 0.15) is 0 Å². The van der Waals surface area contributed by atoms with Crippen molar-refractivity contribution in [2.75, 3.05) is 42.8 Å². The highest BCUT2D eigenvalue weighted by Gasteiger charge is 2.18. The molecule has 1 N–H and O–H groups in total. The Kier molecular flexibility index (Phi) is 5.10. The van der Waals surface area contributed by atoms with E-state index in [1.165, 1.54) is 18.2 Å². The largest absolute Gasteiger partial charge is 0.369 e. The van der Waals surface area contributed by atoms with Gasteiger partial charge in [-0.3, -0.25) is 14.8 Å². The van der Waals surface area contributed by atoms with E-state index in [1.807, 2.05) is 12.1 Å². The van der Waals surface area contributed by atoms with E-state index in [4.69, 9.17) is 0 Å². The van der Waals surface area contributed by atoms with E-state index < -0.39 is 14.9 Å². The van der Waals surface area contributed by atoms with Crippen LogP contribution in [-0.4, -0.2) is 51.5 Å². The lowest BCUT2D eigenvalue weighted by Gasteiger charge is -2.34. The van der Waals surface area contributed by atoms with E-state index in [0.29, 0.717) is 5.69 Å². The van der Waals surface area contributed by atoms with Gasteiger partial charge in [-0.25, -0.2) is 8.42 Å². The monoisotopic (exact) mass is 376 g/mol. The van der Waals surface area contributed by atoms with Crippen molar-refractivity contribution in [3.63, 3.8) is 0 Å². The van der Waals surface area contributed by atoms with Crippen molar-refractivity contribution in [3.05, 3.63) is 58.6 Å². The van der Waals surface area contributed by atoms with Gasteiger partial charge in [-0.05, 0) is 37.4 Å². The zero-order chi connectivity index (χ0) is 18.7. The van der Waals surface area contributed by atoms with Crippen LogP contribution < -0.4 is 9.62 Å². The van der Waals surface area contributed by atoms with Crippen LogP contribution in [0.4, 0.5) is 17.1 Å². The van der Waals surface area contributed by atoms with Crippen LogP contribution in [0, 0.1) is 10.1 Å². The van der Waals surface area contributed by atoms with Crippen LogP contribution in [0.5, 0.6) is 0 Å². The molecule has 0 aromatic heterocycles. The third-order valence-electron chi connectivity index (χ3n) is 4.33. The zero-order valence-corrected chi connectivity index (χ0v) is 15.1. The third kappa shape index (κ3) is 4.12. The van der Waals surface area contributed by atoms with Crippen LogP contribution in [0.15, 0.2) is 53.4 Å². The summed E-state index contributed by atoms with van der Waals surface area (Å²) in [4.78, 5) is 14.6. The summed E-state index contributed by atoms with van der Waals surface area (Å²) in [5.41, 5.74) is 1.18. The third-order valence-corrected chi connectivity index (χ3v) is 5.71. The number of nitro groups is 1. The molecule has 1 aliphatic heterocycles. The van der Waals surface area contributed by atoms with Crippen LogP contribution in [-0.2, 0) is 10.0 Å². The molecule has 1 heterocycles. The summed E-state index contributed by atoms with van der Waals surface area (Å²) < 4.78 is 27.4. The normalized spacial score (nSPS) is 15.7. The number of likely N-dealkylation sites (N-methyl/N-ethyl adjacent to an activating group) is 1. The van der Waals surface area contributed by atoms with Gasteiger partial charge in [0.2, 0.25) is 0 Å². The summed E-state index contributed by atoms with van der Waals surface area (Å²) in [5, 5.41) is 10.8. The Balaban J connectivity index is 1.74. The fourth-order valence-electron chi connectivity index (χ4n) is 2.78. The minimum absolute atomic E-state index is 0.144. The second kappa shape index (κ2) is 7.30. The van der Waals surface area contributed by atoms with E-state index in [1.54, 1.807) is 12.1 Å². The Bertz CT molecular complexity index is 891. The quantitative estimate of drug-likeness (QED) is 0.634. The highest BCUT2D eigenvalue weighted by atomic mass is 32.2. The van der Waals surface area contributed by atoms with Crippen molar-refractivity contribution >= 4 is 27.1 Å². The molecule has 2 aromatic rings. The van der Waals surface area contributed by atoms with Crippen molar-refractivity contribution < 1.29 is 13.3 Å². The molecule has 0 radical (unpaired) electrons. The van der Waals surface area contributed by atoms with Gasteiger partial charge in [0.05, 0.1) is 9.82 Å². The number of nitrogens with one attached hydrogen (secondary N) is 1.